The van der Waals surface area contributed by atoms with Gasteiger partial charge >= 0.3 is 5.69 Å². The molecule has 1 fully saturated rings. The summed E-state index contributed by atoms with van der Waals surface area (Å²) in [4.78, 5) is 36.4. The molecule has 1 aliphatic rings. The standard InChI is InChI=1S/C18H12Cl2N2O6S/c1-28-14-5-9(4-13(16(14)23)22(26)27)6-15-17(24)21(18(25)29-15)8-10-2-3-11(19)7-12(10)20/h2-7,23H,8H2,1H3/b15-6-. The van der Waals surface area contributed by atoms with Crippen LogP contribution >= 0.6 is 35.0 Å². The first-order valence-corrected chi connectivity index (χ1v) is 9.53. The highest BCUT2D eigenvalue weighted by Crippen LogP contribution is 2.39. The molecule has 0 aliphatic carbocycles. The molecule has 11 heteroatoms. The van der Waals surface area contributed by atoms with E-state index < -0.39 is 27.5 Å². The third-order valence-corrected chi connectivity index (χ3v) is 5.50. The Morgan fingerprint density at radius 2 is 2.00 bits per heavy atom. The van der Waals surface area contributed by atoms with E-state index in [1.54, 1.807) is 12.1 Å². The van der Waals surface area contributed by atoms with Crippen LogP contribution in [0.5, 0.6) is 11.5 Å². The summed E-state index contributed by atoms with van der Waals surface area (Å²) in [6, 6.07) is 7.13. The van der Waals surface area contributed by atoms with Crippen molar-refractivity contribution in [2.75, 3.05) is 7.11 Å². The Labute approximate surface area is 178 Å². The third kappa shape index (κ3) is 4.31. The van der Waals surface area contributed by atoms with Gasteiger partial charge in [0.1, 0.15) is 0 Å². The van der Waals surface area contributed by atoms with Gasteiger partial charge in [-0.05, 0) is 47.2 Å². The molecule has 0 atom stereocenters. The van der Waals surface area contributed by atoms with Gasteiger partial charge in [-0.2, -0.15) is 0 Å². The highest BCUT2D eigenvalue weighted by atomic mass is 35.5. The second kappa shape index (κ2) is 8.32. The quantitative estimate of drug-likeness (QED) is 0.390. The lowest BCUT2D eigenvalue weighted by Crippen LogP contribution is -2.27. The van der Waals surface area contributed by atoms with E-state index in [0.717, 1.165) is 11.0 Å². The Morgan fingerprint density at radius 1 is 1.28 bits per heavy atom. The molecule has 3 rings (SSSR count). The zero-order valence-corrected chi connectivity index (χ0v) is 17.0. The van der Waals surface area contributed by atoms with Crippen LogP contribution in [0.15, 0.2) is 35.2 Å². The number of rotatable bonds is 5. The Hall–Kier alpha value is -2.75. The molecule has 8 nitrogen and oxygen atoms in total. The first-order chi connectivity index (χ1) is 13.7. The van der Waals surface area contributed by atoms with Crippen LogP contribution < -0.4 is 4.74 Å². The van der Waals surface area contributed by atoms with Gasteiger partial charge in [0.25, 0.3) is 11.1 Å². The summed E-state index contributed by atoms with van der Waals surface area (Å²) in [5, 5.41) is 21.2. The predicted octanol–water partition coefficient (Wildman–Crippen LogP) is 4.85. The number of carbonyl (C=O) groups excluding carboxylic acids is 2. The van der Waals surface area contributed by atoms with E-state index in [9.17, 15) is 24.8 Å². The average molecular weight is 455 g/mol. The topological polar surface area (TPSA) is 110 Å². The summed E-state index contributed by atoms with van der Waals surface area (Å²) < 4.78 is 4.93. The van der Waals surface area contributed by atoms with Crippen molar-refractivity contribution in [3.05, 3.63) is 66.5 Å². The van der Waals surface area contributed by atoms with Gasteiger partial charge in [0.05, 0.1) is 23.5 Å². The van der Waals surface area contributed by atoms with Gasteiger partial charge < -0.3 is 9.84 Å². The van der Waals surface area contributed by atoms with Crippen LogP contribution in [-0.2, 0) is 11.3 Å². The number of phenols is 1. The molecule has 0 saturated carbocycles. The number of phenolic OH excluding ortho intramolecular Hbond substituents is 1. The van der Waals surface area contributed by atoms with E-state index in [1.807, 2.05) is 0 Å². The number of nitro benzene ring substituents is 1. The van der Waals surface area contributed by atoms with Gasteiger partial charge in [0.15, 0.2) is 5.75 Å². The van der Waals surface area contributed by atoms with Crippen LogP contribution in [0.25, 0.3) is 6.08 Å². The monoisotopic (exact) mass is 454 g/mol. The van der Waals surface area contributed by atoms with Crippen LogP contribution in [0.4, 0.5) is 10.5 Å². The molecule has 0 unspecified atom stereocenters. The van der Waals surface area contributed by atoms with Crippen LogP contribution in [0, 0.1) is 10.1 Å². The Morgan fingerprint density at radius 3 is 2.62 bits per heavy atom. The summed E-state index contributed by atoms with van der Waals surface area (Å²) in [7, 11) is 1.24. The lowest BCUT2D eigenvalue weighted by molar-refractivity contribution is -0.386. The van der Waals surface area contributed by atoms with Crippen molar-refractivity contribution in [3.8, 4) is 11.5 Å². The third-order valence-electron chi connectivity index (χ3n) is 4.01. The van der Waals surface area contributed by atoms with E-state index in [4.69, 9.17) is 27.9 Å². The van der Waals surface area contributed by atoms with Crippen LogP contribution in [0.1, 0.15) is 11.1 Å². The summed E-state index contributed by atoms with van der Waals surface area (Å²) in [5.41, 5.74) is 0.186. The Balaban J connectivity index is 1.92. The second-order valence-corrected chi connectivity index (χ2v) is 7.69. The number of carbonyl (C=O) groups is 2. The molecule has 0 radical (unpaired) electrons. The average Bonchev–Trinajstić information content (AvgIpc) is 2.92. The van der Waals surface area contributed by atoms with E-state index in [0.29, 0.717) is 27.4 Å². The lowest BCUT2D eigenvalue weighted by Gasteiger charge is -2.13. The van der Waals surface area contributed by atoms with Gasteiger partial charge in [-0.25, -0.2) is 0 Å². The van der Waals surface area contributed by atoms with Gasteiger partial charge in [0.2, 0.25) is 5.75 Å². The van der Waals surface area contributed by atoms with Crippen LogP contribution in [-0.4, -0.2) is 33.2 Å². The molecule has 150 valence electrons. The number of hydrogen-bond donors (Lipinski definition) is 1. The zero-order chi connectivity index (χ0) is 21.3. The number of thioether (sulfide) groups is 1. The van der Waals surface area contributed by atoms with Crippen LogP contribution in [0.3, 0.4) is 0 Å². The molecular formula is C18H12Cl2N2O6S. The number of ether oxygens (including phenoxy) is 1. The molecule has 29 heavy (non-hydrogen) atoms. The maximum atomic E-state index is 12.7. The molecule has 1 aliphatic heterocycles. The summed E-state index contributed by atoms with van der Waals surface area (Å²) in [6.07, 6.45) is 1.32. The number of aromatic hydroxyl groups is 1. The number of nitrogens with zero attached hydrogens (tertiary/aromatic N) is 2. The molecule has 1 heterocycles. The SMILES string of the molecule is COc1cc(/C=C2\SC(=O)N(Cc3ccc(Cl)cc3Cl)C2=O)cc([N+](=O)[O-])c1O. The number of hydrogen-bond acceptors (Lipinski definition) is 7. The number of amides is 2. The van der Waals surface area contributed by atoms with Crippen molar-refractivity contribution in [3.63, 3.8) is 0 Å². The minimum absolute atomic E-state index is 0.0446. The van der Waals surface area contributed by atoms with Crippen LogP contribution in [0.2, 0.25) is 10.0 Å². The van der Waals surface area contributed by atoms with E-state index in [-0.39, 0.29) is 22.8 Å². The van der Waals surface area contributed by atoms with Crippen molar-refractivity contribution in [2.45, 2.75) is 6.54 Å². The molecule has 2 aromatic rings. The number of methoxy groups -OCH3 is 1. The van der Waals surface area contributed by atoms with Gasteiger partial charge in [-0.3, -0.25) is 24.6 Å². The van der Waals surface area contributed by atoms with E-state index in [1.165, 1.54) is 25.3 Å². The predicted molar refractivity (Wildman–Crippen MR) is 109 cm³/mol. The second-order valence-electron chi connectivity index (χ2n) is 5.85. The fourth-order valence-corrected chi connectivity index (χ4v) is 3.91. The molecular weight excluding hydrogens is 443 g/mol. The minimum Gasteiger partial charge on any atom is -0.500 e. The van der Waals surface area contributed by atoms with Gasteiger partial charge in [-0.15, -0.1) is 0 Å². The highest BCUT2D eigenvalue weighted by Gasteiger charge is 2.35. The molecule has 2 aromatic carbocycles. The number of halogens is 2. The summed E-state index contributed by atoms with van der Waals surface area (Å²) in [6.45, 7) is -0.0446. The highest BCUT2D eigenvalue weighted by molar-refractivity contribution is 8.18. The fourth-order valence-electron chi connectivity index (χ4n) is 2.60. The molecule has 0 bridgehead atoms. The Bertz CT molecular complexity index is 1070. The number of imide groups is 1. The molecule has 0 spiro atoms. The van der Waals surface area contributed by atoms with Crippen molar-refractivity contribution >= 4 is 57.9 Å². The first-order valence-electron chi connectivity index (χ1n) is 7.96. The zero-order valence-electron chi connectivity index (χ0n) is 14.7. The maximum Gasteiger partial charge on any atom is 0.315 e. The number of benzene rings is 2. The van der Waals surface area contributed by atoms with Gasteiger partial charge in [-0.1, -0.05) is 29.3 Å². The summed E-state index contributed by atoms with van der Waals surface area (Å²) >= 11 is 12.7. The van der Waals surface area contributed by atoms with Crippen molar-refractivity contribution < 1.29 is 24.4 Å². The van der Waals surface area contributed by atoms with E-state index >= 15 is 0 Å². The van der Waals surface area contributed by atoms with Crippen molar-refractivity contribution in [1.29, 1.82) is 0 Å². The van der Waals surface area contributed by atoms with Crippen molar-refractivity contribution in [1.82, 2.24) is 4.90 Å². The summed E-state index contributed by atoms with van der Waals surface area (Å²) in [5.74, 6) is -1.32. The first kappa shape index (κ1) is 21.0. The number of nitro groups is 1. The minimum atomic E-state index is -0.774. The largest absolute Gasteiger partial charge is 0.500 e. The molecule has 1 N–H and O–H groups in total. The van der Waals surface area contributed by atoms with Crippen molar-refractivity contribution in [2.24, 2.45) is 0 Å². The Kier molecular flexibility index (Phi) is 6.02. The lowest BCUT2D eigenvalue weighted by atomic mass is 10.1. The maximum absolute atomic E-state index is 12.7. The normalized spacial score (nSPS) is 15.3. The molecule has 0 aromatic heterocycles. The molecule has 2 amide bonds. The van der Waals surface area contributed by atoms with E-state index in [2.05, 4.69) is 0 Å². The molecule has 1 saturated heterocycles. The smallest absolute Gasteiger partial charge is 0.315 e. The fraction of sp³-hybridized carbons (Fsp3) is 0.111. The van der Waals surface area contributed by atoms with Gasteiger partial charge in [0, 0.05) is 16.1 Å².